The first-order valence-electron chi connectivity index (χ1n) is 3.42. The zero-order valence-corrected chi connectivity index (χ0v) is 8.09. The van der Waals surface area contributed by atoms with Crippen molar-refractivity contribution in [3.05, 3.63) is 22.0 Å². The molecule has 0 atom stereocenters. The van der Waals surface area contributed by atoms with Crippen molar-refractivity contribution < 1.29 is 19.8 Å². The van der Waals surface area contributed by atoms with E-state index < -0.39 is 11.9 Å². The first-order valence-corrected chi connectivity index (χ1v) is 4.23. The van der Waals surface area contributed by atoms with Crippen LogP contribution in [0.15, 0.2) is 22.0 Å². The van der Waals surface area contributed by atoms with Crippen LogP contribution in [0.5, 0.6) is 0 Å². The van der Waals surface area contributed by atoms with E-state index in [1.54, 1.807) is 13.8 Å². The third-order valence-electron chi connectivity index (χ3n) is 0.975. The summed E-state index contributed by atoms with van der Waals surface area (Å²) in [6.45, 7) is 3.22. The Balaban J connectivity index is 4.29. The number of thioether (sulfide) groups is 1. The second-order valence-corrected chi connectivity index (χ2v) is 3.78. The van der Waals surface area contributed by atoms with Crippen molar-refractivity contribution >= 4 is 23.7 Å². The number of aliphatic carboxylic acids is 2. The third-order valence-corrected chi connectivity index (χ3v) is 1.86. The van der Waals surface area contributed by atoms with Gasteiger partial charge in [-0.2, -0.15) is 0 Å². The van der Waals surface area contributed by atoms with Gasteiger partial charge in [0.05, 0.1) is 0 Å². The molecule has 0 radical (unpaired) electrons. The van der Waals surface area contributed by atoms with E-state index in [1.165, 1.54) is 0 Å². The summed E-state index contributed by atoms with van der Waals surface area (Å²) in [5.41, 5.74) is 0. The van der Waals surface area contributed by atoms with Crippen molar-refractivity contribution in [2.75, 3.05) is 0 Å². The molecule has 0 aliphatic rings. The Bertz CT molecular complexity index is 250. The van der Waals surface area contributed by atoms with E-state index in [2.05, 4.69) is 0 Å². The monoisotopic (exact) mass is 202 g/mol. The van der Waals surface area contributed by atoms with Crippen LogP contribution in [0.25, 0.3) is 0 Å². The van der Waals surface area contributed by atoms with Crippen LogP contribution < -0.4 is 0 Å². The smallest absolute Gasteiger partial charge is 0.329 e. The number of hydrogen-bond acceptors (Lipinski definition) is 3. The summed E-state index contributed by atoms with van der Waals surface area (Å²) in [7, 11) is 0. The number of carbonyl (C=O) groups is 2. The highest BCUT2D eigenvalue weighted by Crippen LogP contribution is 2.23. The molecule has 13 heavy (non-hydrogen) atoms. The predicted molar refractivity (Wildman–Crippen MR) is 50.4 cm³/mol. The highest BCUT2D eigenvalue weighted by atomic mass is 32.2. The first kappa shape index (κ1) is 11.8. The molecule has 0 heterocycles. The molecule has 0 saturated heterocycles. The highest BCUT2D eigenvalue weighted by Gasteiger charge is 1.98. The Kier molecular flexibility index (Phi) is 4.91. The van der Waals surface area contributed by atoms with Gasteiger partial charge in [-0.05, 0) is 23.7 Å². The first-order chi connectivity index (χ1) is 5.91. The number of allylic oxidation sites excluding steroid dienone is 2. The summed E-state index contributed by atoms with van der Waals surface area (Å²) in [5, 5.41) is 16.7. The van der Waals surface area contributed by atoms with Gasteiger partial charge < -0.3 is 10.2 Å². The van der Waals surface area contributed by atoms with Crippen molar-refractivity contribution in [2.45, 2.75) is 13.8 Å². The molecule has 0 saturated carbocycles. The molecule has 0 aromatic rings. The summed E-state index contributed by atoms with van der Waals surface area (Å²) in [6.07, 6.45) is 2.06. The van der Waals surface area contributed by atoms with E-state index in [0.29, 0.717) is 9.81 Å². The second kappa shape index (κ2) is 5.42. The molecule has 0 rings (SSSR count). The highest BCUT2D eigenvalue weighted by molar-refractivity contribution is 8.06. The predicted octanol–water partition coefficient (Wildman–Crippen LogP) is 1.70. The molecule has 4 nitrogen and oxygen atoms in total. The lowest BCUT2D eigenvalue weighted by Gasteiger charge is -1.98. The van der Waals surface area contributed by atoms with Crippen molar-refractivity contribution in [3.63, 3.8) is 0 Å². The van der Waals surface area contributed by atoms with Crippen LogP contribution in [0.3, 0.4) is 0 Å². The molecule has 0 amide bonds. The summed E-state index contributed by atoms with van der Waals surface area (Å²) < 4.78 is 0. The van der Waals surface area contributed by atoms with Crippen molar-refractivity contribution in [1.82, 2.24) is 0 Å². The quantitative estimate of drug-likeness (QED) is 0.678. The molecule has 0 unspecified atom stereocenters. The average Bonchev–Trinajstić information content (AvgIpc) is 1.80. The SMILES string of the molecule is CC(=CC(=O)O)SC(C)=CC(=O)O. The molecule has 5 heteroatoms. The van der Waals surface area contributed by atoms with Gasteiger partial charge in [-0.3, -0.25) is 0 Å². The Morgan fingerprint density at radius 3 is 1.54 bits per heavy atom. The van der Waals surface area contributed by atoms with Gasteiger partial charge in [0.15, 0.2) is 0 Å². The van der Waals surface area contributed by atoms with Gasteiger partial charge in [0.1, 0.15) is 0 Å². The second-order valence-electron chi connectivity index (χ2n) is 2.29. The minimum absolute atomic E-state index is 0.544. The van der Waals surface area contributed by atoms with Crippen LogP contribution in [0.2, 0.25) is 0 Å². The largest absolute Gasteiger partial charge is 0.478 e. The maximum absolute atomic E-state index is 10.2. The fourth-order valence-corrected chi connectivity index (χ4v) is 1.49. The van der Waals surface area contributed by atoms with Gasteiger partial charge in [0, 0.05) is 12.2 Å². The zero-order chi connectivity index (χ0) is 10.4. The molecule has 0 spiro atoms. The van der Waals surface area contributed by atoms with Crippen LogP contribution >= 0.6 is 11.8 Å². The summed E-state index contributed by atoms with van der Waals surface area (Å²) in [4.78, 5) is 21.5. The van der Waals surface area contributed by atoms with Crippen LogP contribution in [0.1, 0.15) is 13.8 Å². The summed E-state index contributed by atoms with van der Waals surface area (Å²) in [6, 6.07) is 0. The van der Waals surface area contributed by atoms with Gasteiger partial charge in [-0.1, -0.05) is 11.8 Å². The van der Waals surface area contributed by atoms with Crippen LogP contribution in [0, 0.1) is 0 Å². The molecule has 0 bridgehead atoms. The normalized spacial score (nSPS) is 12.8. The Hall–Kier alpha value is -1.23. The molecule has 0 aromatic heterocycles. The molecule has 72 valence electrons. The molecular formula is C8H10O4S. The molecule has 0 fully saturated rings. The van der Waals surface area contributed by atoms with Gasteiger partial charge in [0.25, 0.3) is 0 Å². The van der Waals surface area contributed by atoms with Gasteiger partial charge >= 0.3 is 11.9 Å². The number of carboxylic acid groups (broad SMARTS) is 2. The maximum Gasteiger partial charge on any atom is 0.329 e. The number of hydrogen-bond donors (Lipinski definition) is 2. The lowest BCUT2D eigenvalue weighted by atomic mass is 10.5. The van der Waals surface area contributed by atoms with Gasteiger partial charge in [0.2, 0.25) is 0 Å². The molecular weight excluding hydrogens is 192 g/mol. The van der Waals surface area contributed by atoms with Gasteiger partial charge in [-0.25, -0.2) is 9.59 Å². The maximum atomic E-state index is 10.2. The minimum atomic E-state index is -1.03. The summed E-state index contributed by atoms with van der Waals surface area (Å²) in [5.74, 6) is -2.07. The summed E-state index contributed by atoms with van der Waals surface area (Å²) >= 11 is 1.12. The molecule has 0 aromatic carbocycles. The van der Waals surface area contributed by atoms with Crippen molar-refractivity contribution in [2.24, 2.45) is 0 Å². The number of rotatable bonds is 4. The van der Waals surface area contributed by atoms with Crippen LogP contribution in [0.4, 0.5) is 0 Å². The lowest BCUT2D eigenvalue weighted by molar-refractivity contribution is -0.132. The van der Waals surface area contributed by atoms with E-state index in [9.17, 15) is 9.59 Å². The molecule has 0 aliphatic carbocycles. The van der Waals surface area contributed by atoms with E-state index in [1.807, 2.05) is 0 Å². The zero-order valence-electron chi connectivity index (χ0n) is 7.27. The van der Waals surface area contributed by atoms with Gasteiger partial charge in [-0.15, -0.1) is 0 Å². The van der Waals surface area contributed by atoms with Crippen molar-refractivity contribution in [3.8, 4) is 0 Å². The minimum Gasteiger partial charge on any atom is -0.478 e. The van der Waals surface area contributed by atoms with E-state index in [0.717, 1.165) is 23.9 Å². The Morgan fingerprint density at radius 1 is 1.00 bits per heavy atom. The number of carboxylic acids is 2. The van der Waals surface area contributed by atoms with E-state index in [-0.39, 0.29) is 0 Å². The average molecular weight is 202 g/mol. The lowest BCUT2D eigenvalue weighted by Crippen LogP contribution is -1.90. The fraction of sp³-hybridized carbons (Fsp3) is 0.250. The fourth-order valence-electron chi connectivity index (χ4n) is 0.661. The van der Waals surface area contributed by atoms with Crippen LogP contribution in [-0.2, 0) is 9.59 Å². The van der Waals surface area contributed by atoms with Crippen molar-refractivity contribution in [1.29, 1.82) is 0 Å². The Labute approximate surface area is 79.9 Å². The van der Waals surface area contributed by atoms with E-state index >= 15 is 0 Å². The molecule has 0 aliphatic heterocycles. The Morgan fingerprint density at radius 2 is 1.31 bits per heavy atom. The third kappa shape index (κ3) is 7.14. The van der Waals surface area contributed by atoms with E-state index in [4.69, 9.17) is 10.2 Å². The molecule has 2 N–H and O–H groups in total. The standard InChI is InChI=1S/C8H10O4S/c1-5(3-7(9)10)13-6(2)4-8(11)12/h3-4H,1-2H3,(H,9,10)(H,11,12). The van der Waals surface area contributed by atoms with Crippen LogP contribution in [-0.4, -0.2) is 22.2 Å². The topological polar surface area (TPSA) is 74.6 Å².